The third-order valence-electron chi connectivity index (χ3n) is 3.31. The van der Waals surface area contributed by atoms with Crippen molar-refractivity contribution in [3.63, 3.8) is 0 Å². The molecule has 1 amide bonds. The maximum atomic E-state index is 11.2. The van der Waals surface area contributed by atoms with E-state index in [0.717, 1.165) is 18.5 Å². The van der Waals surface area contributed by atoms with Gasteiger partial charge in [-0.25, -0.2) is 0 Å². The third-order valence-corrected chi connectivity index (χ3v) is 3.31. The number of hydrogen-bond donors (Lipinski definition) is 2. The Morgan fingerprint density at radius 1 is 1.50 bits per heavy atom. The summed E-state index contributed by atoms with van der Waals surface area (Å²) in [7, 11) is 0. The molecular formula is C13H24N4O. The molecule has 3 N–H and O–H groups in total. The number of carbonyl (C=O) groups excluding carboxylic acids is 1. The van der Waals surface area contributed by atoms with Crippen molar-refractivity contribution in [2.45, 2.75) is 58.7 Å². The molecule has 0 aromatic carbocycles. The number of rotatable bonds is 7. The molecule has 1 heterocycles. The Labute approximate surface area is 109 Å². The third kappa shape index (κ3) is 3.57. The molecule has 5 nitrogen and oxygen atoms in total. The molecule has 0 saturated heterocycles. The van der Waals surface area contributed by atoms with Crippen molar-refractivity contribution in [3.05, 3.63) is 18.0 Å². The molecule has 1 rings (SSSR count). The second-order valence-electron chi connectivity index (χ2n) is 5.10. The van der Waals surface area contributed by atoms with Gasteiger partial charge in [0.15, 0.2) is 0 Å². The van der Waals surface area contributed by atoms with Crippen molar-refractivity contribution < 1.29 is 4.79 Å². The highest BCUT2D eigenvalue weighted by atomic mass is 16.1. The zero-order valence-corrected chi connectivity index (χ0v) is 11.7. The van der Waals surface area contributed by atoms with Gasteiger partial charge in [-0.3, -0.25) is 14.8 Å². The van der Waals surface area contributed by atoms with Crippen LogP contribution in [0.1, 0.15) is 52.3 Å². The summed E-state index contributed by atoms with van der Waals surface area (Å²) >= 11 is 0. The highest BCUT2D eigenvalue weighted by molar-refractivity contribution is 5.83. The van der Waals surface area contributed by atoms with Crippen LogP contribution in [0.4, 0.5) is 0 Å². The largest absolute Gasteiger partial charge is 0.368 e. The molecule has 102 valence electrons. The van der Waals surface area contributed by atoms with Crippen molar-refractivity contribution in [2.75, 3.05) is 0 Å². The predicted octanol–water partition coefficient (Wildman–Crippen LogP) is 1.60. The Balaban J connectivity index is 2.62. The van der Waals surface area contributed by atoms with Crippen molar-refractivity contribution in [2.24, 2.45) is 5.73 Å². The molecular weight excluding hydrogens is 228 g/mol. The van der Waals surface area contributed by atoms with Gasteiger partial charge in [0.1, 0.15) is 0 Å². The Morgan fingerprint density at radius 2 is 2.11 bits per heavy atom. The maximum Gasteiger partial charge on any atom is 0.237 e. The van der Waals surface area contributed by atoms with Crippen molar-refractivity contribution in [3.8, 4) is 0 Å². The van der Waals surface area contributed by atoms with Gasteiger partial charge in [-0.15, -0.1) is 0 Å². The van der Waals surface area contributed by atoms with Crippen LogP contribution in [0.5, 0.6) is 0 Å². The summed E-state index contributed by atoms with van der Waals surface area (Å²) in [6.45, 7) is 8.40. The van der Waals surface area contributed by atoms with Crippen LogP contribution in [0.3, 0.4) is 0 Å². The molecule has 0 aliphatic rings. The molecule has 0 unspecified atom stereocenters. The van der Waals surface area contributed by atoms with Crippen LogP contribution >= 0.6 is 0 Å². The van der Waals surface area contributed by atoms with Gasteiger partial charge in [-0.05, 0) is 32.8 Å². The monoisotopic (exact) mass is 252 g/mol. The van der Waals surface area contributed by atoms with E-state index < -0.39 is 5.54 Å². The van der Waals surface area contributed by atoms with E-state index in [2.05, 4.69) is 24.3 Å². The summed E-state index contributed by atoms with van der Waals surface area (Å²) in [5.74, 6) is -0.359. The van der Waals surface area contributed by atoms with Gasteiger partial charge in [0.25, 0.3) is 0 Å². The van der Waals surface area contributed by atoms with Crippen LogP contribution in [-0.2, 0) is 11.3 Å². The lowest BCUT2D eigenvalue weighted by atomic mass is 10.1. The second-order valence-corrected chi connectivity index (χ2v) is 5.10. The molecule has 0 aliphatic heterocycles. The molecule has 0 saturated carbocycles. The average Bonchev–Trinajstić information content (AvgIpc) is 2.77. The topological polar surface area (TPSA) is 72.9 Å². The van der Waals surface area contributed by atoms with Crippen molar-refractivity contribution in [1.82, 2.24) is 15.1 Å². The minimum atomic E-state index is -0.710. The molecule has 1 aromatic rings. The number of amides is 1. The molecule has 0 bridgehead atoms. The quantitative estimate of drug-likeness (QED) is 0.774. The summed E-state index contributed by atoms with van der Waals surface area (Å²) in [5.41, 5.74) is 5.52. The molecule has 0 fully saturated rings. The number of nitrogens with two attached hydrogens (primary N) is 1. The fourth-order valence-electron chi connectivity index (χ4n) is 1.74. The first-order valence-corrected chi connectivity index (χ1v) is 6.49. The zero-order valence-electron chi connectivity index (χ0n) is 11.7. The fraction of sp³-hybridized carbons (Fsp3) is 0.692. The van der Waals surface area contributed by atoms with Crippen LogP contribution in [0.25, 0.3) is 0 Å². The first-order chi connectivity index (χ1) is 8.40. The Kier molecular flexibility index (Phi) is 4.90. The van der Waals surface area contributed by atoms with E-state index >= 15 is 0 Å². The minimum Gasteiger partial charge on any atom is -0.368 e. The Bertz CT molecular complexity index is 393. The molecule has 0 aliphatic carbocycles. The van der Waals surface area contributed by atoms with Gasteiger partial charge < -0.3 is 5.73 Å². The van der Waals surface area contributed by atoms with Crippen molar-refractivity contribution in [1.29, 1.82) is 0 Å². The van der Waals surface area contributed by atoms with Crippen LogP contribution in [-0.4, -0.2) is 21.2 Å². The van der Waals surface area contributed by atoms with Crippen LogP contribution in [0, 0.1) is 0 Å². The summed E-state index contributed by atoms with van der Waals surface area (Å²) in [5, 5.41) is 7.63. The number of nitrogens with zero attached hydrogens (tertiary/aromatic N) is 2. The lowest BCUT2D eigenvalue weighted by Gasteiger charge is -2.21. The van der Waals surface area contributed by atoms with E-state index in [1.54, 1.807) is 13.8 Å². The minimum absolute atomic E-state index is 0.359. The summed E-state index contributed by atoms with van der Waals surface area (Å²) in [6, 6.07) is 2.42. The van der Waals surface area contributed by atoms with Gasteiger partial charge in [0.2, 0.25) is 5.91 Å². The Morgan fingerprint density at radius 3 is 2.61 bits per heavy atom. The van der Waals surface area contributed by atoms with E-state index in [-0.39, 0.29) is 5.91 Å². The molecule has 18 heavy (non-hydrogen) atoms. The van der Waals surface area contributed by atoms with Crippen LogP contribution in [0.2, 0.25) is 0 Å². The van der Waals surface area contributed by atoms with Crippen LogP contribution in [0.15, 0.2) is 12.3 Å². The number of carbonyl (C=O) groups is 1. The highest BCUT2D eigenvalue weighted by Gasteiger charge is 2.24. The van der Waals surface area contributed by atoms with Gasteiger partial charge in [-0.1, -0.05) is 13.8 Å². The summed E-state index contributed by atoms with van der Waals surface area (Å²) in [4.78, 5) is 11.2. The van der Waals surface area contributed by atoms with Gasteiger partial charge in [0.05, 0.1) is 17.3 Å². The van der Waals surface area contributed by atoms with Crippen LogP contribution < -0.4 is 11.1 Å². The molecule has 0 atom stereocenters. The summed E-state index contributed by atoms with van der Waals surface area (Å²) in [6.07, 6.45) is 4.13. The number of aromatic nitrogens is 2. The Hall–Kier alpha value is -1.36. The SMILES string of the molecule is CCC(CC)n1ccc(CNC(C)(C)C(N)=O)n1. The first-order valence-electron chi connectivity index (χ1n) is 6.49. The number of nitrogens with one attached hydrogen (secondary N) is 1. The zero-order chi connectivity index (χ0) is 13.8. The highest BCUT2D eigenvalue weighted by Crippen LogP contribution is 2.14. The van der Waals surface area contributed by atoms with Crippen molar-refractivity contribution >= 4 is 5.91 Å². The van der Waals surface area contributed by atoms with E-state index in [1.165, 1.54) is 0 Å². The predicted molar refractivity (Wildman–Crippen MR) is 72.0 cm³/mol. The maximum absolute atomic E-state index is 11.2. The second kappa shape index (κ2) is 6.00. The first kappa shape index (κ1) is 14.7. The lowest BCUT2D eigenvalue weighted by molar-refractivity contribution is -0.123. The molecule has 0 radical (unpaired) electrons. The molecule has 5 heteroatoms. The fourth-order valence-corrected chi connectivity index (χ4v) is 1.74. The van der Waals surface area contributed by atoms with E-state index in [4.69, 9.17) is 5.73 Å². The average molecular weight is 252 g/mol. The van der Waals surface area contributed by atoms with Gasteiger partial charge in [-0.2, -0.15) is 5.10 Å². The lowest BCUT2D eigenvalue weighted by Crippen LogP contribution is -2.50. The number of hydrogen-bond acceptors (Lipinski definition) is 3. The van der Waals surface area contributed by atoms with E-state index in [0.29, 0.717) is 12.6 Å². The van der Waals surface area contributed by atoms with E-state index in [1.807, 2.05) is 16.9 Å². The normalized spacial score (nSPS) is 12.1. The standard InChI is InChI=1S/C13H24N4O/c1-5-11(6-2)17-8-7-10(16-17)9-15-13(3,4)12(14)18/h7-8,11,15H,5-6,9H2,1-4H3,(H2,14,18). The van der Waals surface area contributed by atoms with Gasteiger partial charge >= 0.3 is 0 Å². The molecule has 0 spiro atoms. The molecule has 1 aromatic heterocycles. The number of primary amides is 1. The van der Waals surface area contributed by atoms with E-state index in [9.17, 15) is 4.79 Å². The summed E-state index contributed by atoms with van der Waals surface area (Å²) < 4.78 is 1.99. The van der Waals surface area contributed by atoms with Gasteiger partial charge in [0, 0.05) is 12.7 Å². The smallest absolute Gasteiger partial charge is 0.237 e.